The number of alkyl halides is 3. The Labute approximate surface area is 233 Å². The van der Waals surface area contributed by atoms with Crippen LogP contribution in [0.5, 0.6) is 0 Å². The summed E-state index contributed by atoms with van der Waals surface area (Å²) in [5.41, 5.74) is 0.151. The molecule has 0 saturated carbocycles. The second-order valence-electron chi connectivity index (χ2n) is 11.4. The van der Waals surface area contributed by atoms with Crippen molar-refractivity contribution in [3.63, 3.8) is 0 Å². The Morgan fingerprint density at radius 3 is 2.46 bits per heavy atom. The number of piperidine rings is 1. The van der Waals surface area contributed by atoms with Crippen LogP contribution in [0.4, 0.5) is 18.0 Å². The number of halogens is 4. The highest BCUT2D eigenvalue weighted by molar-refractivity contribution is 8.18. The molecule has 0 radical (unpaired) electrons. The minimum Gasteiger partial charge on any atom is -0.307 e. The van der Waals surface area contributed by atoms with Crippen LogP contribution in [0, 0.1) is 0 Å². The summed E-state index contributed by atoms with van der Waals surface area (Å²) in [5.74, 6) is -0.304. The topological polar surface area (TPSA) is 67.2 Å². The summed E-state index contributed by atoms with van der Waals surface area (Å²) in [4.78, 5) is 28.0. The third kappa shape index (κ3) is 5.73. The second-order valence-corrected chi connectivity index (χ2v) is 12.9. The molecule has 2 amide bonds. The fraction of sp³-hybridized carbons (Fsp3) is 0.393. The first kappa shape index (κ1) is 27.7. The van der Waals surface area contributed by atoms with E-state index in [1.54, 1.807) is 30.5 Å². The molecule has 1 N–H and O–H groups in total. The molecule has 0 bridgehead atoms. The number of benzene rings is 2. The van der Waals surface area contributed by atoms with Crippen LogP contribution in [0.15, 0.2) is 47.5 Å². The zero-order valence-corrected chi connectivity index (χ0v) is 23.5. The number of thioether (sulfide) groups is 1. The van der Waals surface area contributed by atoms with Gasteiger partial charge in [-0.15, -0.1) is 0 Å². The molecule has 1 aromatic heterocycles. The first-order valence-corrected chi connectivity index (χ1v) is 13.7. The molecule has 2 aliphatic heterocycles. The van der Waals surface area contributed by atoms with Gasteiger partial charge in [-0.3, -0.25) is 19.2 Å². The summed E-state index contributed by atoms with van der Waals surface area (Å²) < 4.78 is 42.1. The van der Waals surface area contributed by atoms with Gasteiger partial charge >= 0.3 is 6.18 Å². The third-order valence-corrected chi connectivity index (χ3v) is 8.14. The Kier molecular flexibility index (Phi) is 6.88. The summed E-state index contributed by atoms with van der Waals surface area (Å²) in [6, 6.07) is 8.81. The number of carbonyl (C=O) groups is 2. The molecule has 2 fully saturated rings. The number of aromatic nitrogens is 2. The zero-order valence-electron chi connectivity index (χ0n) is 21.9. The Balaban J connectivity index is 1.39. The lowest BCUT2D eigenvalue weighted by Crippen LogP contribution is -2.62. The Bertz CT molecular complexity index is 1500. The highest BCUT2D eigenvalue weighted by Crippen LogP contribution is 2.40. The summed E-state index contributed by atoms with van der Waals surface area (Å²) in [5, 5.41) is 8.30. The molecule has 2 aromatic carbocycles. The molecular formula is C28H28ClF3N4O2S. The molecule has 39 heavy (non-hydrogen) atoms. The first-order valence-electron chi connectivity index (χ1n) is 12.5. The maximum atomic E-state index is 13.5. The van der Waals surface area contributed by atoms with Crippen molar-refractivity contribution < 1.29 is 22.8 Å². The van der Waals surface area contributed by atoms with Crippen molar-refractivity contribution in [2.75, 3.05) is 0 Å². The fourth-order valence-electron chi connectivity index (χ4n) is 5.83. The van der Waals surface area contributed by atoms with E-state index in [0.717, 1.165) is 17.8 Å². The lowest BCUT2D eigenvalue weighted by atomic mass is 9.79. The molecule has 0 spiro atoms. The molecule has 6 nitrogen and oxygen atoms in total. The standard InChI is InChI=1S/C28H28ClF3N4O2S/c1-26(2)12-20(13-27(3,4)34-26)36-24(37)23(39-25(36)38)10-16-5-8-22-18(9-16)14-33-35(22)15-17-6-7-19(29)11-21(17)28(30,31)32/h5-11,14,20,34H,12-13,15H2,1-4H3/b23-10-. The van der Waals surface area contributed by atoms with Crippen LogP contribution in [0.1, 0.15) is 57.2 Å². The van der Waals surface area contributed by atoms with E-state index in [2.05, 4.69) is 38.1 Å². The van der Waals surface area contributed by atoms with Gasteiger partial charge in [0.15, 0.2) is 0 Å². The zero-order chi connectivity index (χ0) is 28.3. The van der Waals surface area contributed by atoms with Gasteiger partial charge in [-0.25, -0.2) is 0 Å². The van der Waals surface area contributed by atoms with Gasteiger partial charge in [0.05, 0.1) is 28.7 Å². The van der Waals surface area contributed by atoms with Gasteiger partial charge in [-0.2, -0.15) is 18.3 Å². The van der Waals surface area contributed by atoms with E-state index in [9.17, 15) is 22.8 Å². The lowest BCUT2D eigenvalue weighted by molar-refractivity contribution is -0.138. The van der Waals surface area contributed by atoms with E-state index in [1.165, 1.54) is 21.7 Å². The molecule has 2 aliphatic rings. The number of nitrogens with zero attached hydrogens (tertiary/aromatic N) is 3. The monoisotopic (exact) mass is 576 g/mol. The second kappa shape index (κ2) is 9.67. The van der Waals surface area contributed by atoms with Gasteiger partial charge in [0, 0.05) is 27.5 Å². The van der Waals surface area contributed by atoms with E-state index in [1.807, 2.05) is 0 Å². The van der Waals surface area contributed by atoms with Crippen LogP contribution in [0.25, 0.3) is 17.0 Å². The smallest absolute Gasteiger partial charge is 0.307 e. The number of fused-ring (bicyclic) bond motifs is 1. The van der Waals surface area contributed by atoms with Crippen LogP contribution in [0.3, 0.4) is 0 Å². The summed E-state index contributed by atoms with van der Waals surface area (Å²) in [6.45, 7) is 8.20. The third-order valence-electron chi connectivity index (χ3n) is 7.02. The van der Waals surface area contributed by atoms with E-state index in [0.29, 0.717) is 34.2 Å². The maximum absolute atomic E-state index is 13.5. The minimum atomic E-state index is -4.54. The van der Waals surface area contributed by atoms with Crippen molar-refractivity contribution >= 4 is 51.5 Å². The summed E-state index contributed by atoms with van der Waals surface area (Å²) >= 11 is 6.73. The maximum Gasteiger partial charge on any atom is 0.416 e. The van der Waals surface area contributed by atoms with Crippen LogP contribution < -0.4 is 5.32 Å². The Morgan fingerprint density at radius 2 is 1.79 bits per heavy atom. The minimum absolute atomic E-state index is 0.0121. The Morgan fingerprint density at radius 1 is 1.10 bits per heavy atom. The van der Waals surface area contributed by atoms with Crippen molar-refractivity contribution in [1.29, 1.82) is 0 Å². The van der Waals surface area contributed by atoms with Gasteiger partial charge in [0.25, 0.3) is 11.1 Å². The van der Waals surface area contributed by atoms with Gasteiger partial charge in [0.1, 0.15) is 0 Å². The van der Waals surface area contributed by atoms with Crippen LogP contribution in [0.2, 0.25) is 5.02 Å². The molecule has 3 aromatic rings. The van der Waals surface area contributed by atoms with Gasteiger partial charge in [-0.05, 0) is 93.8 Å². The van der Waals surface area contributed by atoms with Gasteiger partial charge < -0.3 is 5.32 Å². The molecule has 206 valence electrons. The van der Waals surface area contributed by atoms with E-state index in [4.69, 9.17) is 11.6 Å². The van der Waals surface area contributed by atoms with Crippen molar-refractivity contribution in [2.45, 2.75) is 70.4 Å². The fourth-order valence-corrected chi connectivity index (χ4v) is 6.90. The van der Waals surface area contributed by atoms with Crippen molar-refractivity contribution in [3.8, 4) is 0 Å². The quantitative estimate of drug-likeness (QED) is 0.336. The molecule has 0 atom stereocenters. The Hall–Kier alpha value is -2.82. The van der Waals surface area contributed by atoms with Crippen LogP contribution >= 0.6 is 23.4 Å². The summed E-state index contributed by atoms with van der Waals surface area (Å²) in [6.07, 6.45) is 0.0346. The van der Waals surface area contributed by atoms with Gasteiger partial charge in [-0.1, -0.05) is 23.7 Å². The summed E-state index contributed by atoms with van der Waals surface area (Å²) in [7, 11) is 0. The molecule has 11 heteroatoms. The normalized spacial score (nSPS) is 20.9. The highest BCUT2D eigenvalue weighted by atomic mass is 35.5. The molecule has 0 aliphatic carbocycles. The van der Waals surface area contributed by atoms with Crippen molar-refractivity contribution in [3.05, 3.63) is 69.2 Å². The number of hydrogen-bond acceptors (Lipinski definition) is 5. The average Bonchev–Trinajstić information content (AvgIpc) is 3.31. The predicted molar refractivity (Wildman–Crippen MR) is 147 cm³/mol. The number of carbonyl (C=O) groups excluding carboxylic acids is 2. The molecule has 5 rings (SSSR count). The van der Waals surface area contributed by atoms with Crippen LogP contribution in [-0.4, -0.2) is 42.9 Å². The predicted octanol–water partition coefficient (Wildman–Crippen LogP) is 7.10. The number of rotatable bonds is 4. The largest absolute Gasteiger partial charge is 0.416 e. The van der Waals surface area contributed by atoms with Gasteiger partial charge in [0.2, 0.25) is 0 Å². The molecule has 0 unspecified atom stereocenters. The van der Waals surface area contributed by atoms with E-state index < -0.39 is 11.7 Å². The lowest BCUT2D eigenvalue weighted by Gasteiger charge is -2.48. The molecular weight excluding hydrogens is 549 g/mol. The number of amides is 2. The number of hydrogen-bond donors (Lipinski definition) is 1. The van der Waals surface area contributed by atoms with Crippen molar-refractivity contribution in [2.24, 2.45) is 0 Å². The average molecular weight is 577 g/mol. The number of nitrogens with one attached hydrogen (secondary N) is 1. The van der Waals surface area contributed by atoms with E-state index >= 15 is 0 Å². The SMILES string of the molecule is CC1(C)CC(N2C(=O)S/C(=C\c3ccc4c(cnn4Cc4ccc(Cl)cc4C(F)(F)F)c3)C2=O)CC(C)(C)N1. The molecule has 3 heterocycles. The highest BCUT2D eigenvalue weighted by Gasteiger charge is 2.47. The number of imide groups is 1. The van der Waals surface area contributed by atoms with Crippen molar-refractivity contribution in [1.82, 2.24) is 20.0 Å². The molecule has 2 saturated heterocycles. The van der Waals surface area contributed by atoms with Crippen LogP contribution in [-0.2, 0) is 17.5 Å². The first-order chi connectivity index (χ1) is 18.1. The van der Waals surface area contributed by atoms with E-state index in [-0.39, 0.29) is 45.4 Å².